The van der Waals surface area contributed by atoms with Crippen LogP contribution in [0.4, 0.5) is 0 Å². The summed E-state index contributed by atoms with van der Waals surface area (Å²) < 4.78 is 0. The highest BCUT2D eigenvalue weighted by Crippen LogP contribution is 2.18. The lowest BCUT2D eigenvalue weighted by Gasteiger charge is -1.99. The summed E-state index contributed by atoms with van der Waals surface area (Å²) in [6.07, 6.45) is 2.85. The molecule has 0 atom stereocenters. The molecule has 13 heavy (non-hydrogen) atoms. The summed E-state index contributed by atoms with van der Waals surface area (Å²) in [7, 11) is 0. The molecule has 1 aromatic rings. The van der Waals surface area contributed by atoms with Crippen LogP contribution in [-0.2, 0) is 0 Å². The van der Waals surface area contributed by atoms with Gasteiger partial charge in [0.2, 0.25) is 0 Å². The molecule has 0 spiro atoms. The van der Waals surface area contributed by atoms with E-state index in [-0.39, 0.29) is 0 Å². The van der Waals surface area contributed by atoms with E-state index in [0.717, 1.165) is 5.56 Å². The monoisotopic (exact) mass is 194 g/mol. The molecule has 0 aliphatic heterocycles. The number of benzene rings is 1. The van der Waals surface area contributed by atoms with E-state index in [2.05, 4.69) is 24.2 Å². The first-order chi connectivity index (χ1) is 6.36. The van der Waals surface area contributed by atoms with Crippen LogP contribution in [0.3, 0.4) is 0 Å². The first-order valence-electron chi connectivity index (χ1n) is 4.33. The molecule has 0 aliphatic rings. The Morgan fingerprint density at radius 2 is 2.08 bits per heavy atom. The fourth-order valence-corrected chi connectivity index (χ4v) is 1.72. The van der Waals surface area contributed by atoms with Crippen LogP contribution >= 0.6 is 11.8 Å². The molecule has 2 N–H and O–H groups in total. The van der Waals surface area contributed by atoms with Gasteiger partial charge >= 0.3 is 0 Å². The van der Waals surface area contributed by atoms with Gasteiger partial charge in [-0.25, -0.2) is 0 Å². The Morgan fingerprint density at radius 1 is 1.38 bits per heavy atom. The van der Waals surface area contributed by atoms with Gasteiger partial charge < -0.3 is 5.84 Å². The Hall–Kier alpha value is -0.960. The molecule has 0 saturated carbocycles. The van der Waals surface area contributed by atoms with Crippen LogP contribution in [0.25, 0.3) is 0 Å². The van der Waals surface area contributed by atoms with E-state index in [1.807, 2.05) is 23.9 Å². The van der Waals surface area contributed by atoms with Crippen LogP contribution in [0.2, 0.25) is 0 Å². The number of hydrogen-bond donors (Lipinski definition) is 1. The summed E-state index contributed by atoms with van der Waals surface area (Å²) in [5.74, 6) is 6.21. The maximum absolute atomic E-state index is 5.04. The topological polar surface area (TPSA) is 38.4 Å². The van der Waals surface area contributed by atoms with Crippen molar-refractivity contribution in [3.63, 3.8) is 0 Å². The molecular weight excluding hydrogens is 180 g/mol. The maximum atomic E-state index is 5.04. The third-order valence-electron chi connectivity index (χ3n) is 1.58. The third kappa shape index (κ3) is 3.51. The van der Waals surface area contributed by atoms with Crippen molar-refractivity contribution in [1.82, 2.24) is 0 Å². The Morgan fingerprint density at radius 3 is 2.62 bits per heavy atom. The lowest BCUT2D eigenvalue weighted by molar-refractivity contribution is 1.10. The standard InChI is InChI=1S/C10H14N2S/c1-2-7-13-10-5-3-9(4-6-10)8-12-11/h3-6,8H,2,7,11H2,1H3. The number of nitrogens with zero attached hydrogens (tertiary/aromatic N) is 1. The second kappa shape index (κ2) is 5.65. The predicted molar refractivity (Wildman–Crippen MR) is 59.2 cm³/mol. The van der Waals surface area contributed by atoms with E-state index in [1.54, 1.807) is 6.21 Å². The zero-order valence-corrected chi connectivity index (χ0v) is 8.55. The van der Waals surface area contributed by atoms with Gasteiger partial charge in [-0.15, -0.1) is 11.8 Å². The van der Waals surface area contributed by atoms with Gasteiger partial charge in [-0.2, -0.15) is 5.10 Å². The first kappa shape index (κ1) is 10.1. The van der Waals surface area contributed by atoms with E-state index in [9.17, 15) is 0 Å². The Bertz CT molecular complexity index is 267. The molecule has 1 aromatic carbocycles. The zero-order chi connectivity index (χ0) is 9.52. The Labute approximate surface area is 83.2 Å². The highest BCUT2D eigenvalue weighted by molar-refractivity contribution is 7.99. The number of nitrogens with two attached hydrogens (primary N) is 1. The van der Waals surface area contributed by atoms with Crippen LogP contribution < -0.4 is 5.84 Å². The van der Waals surface area contributed by atoms with Gasteiger partial charge in [0, 0.05) is 4.90 Å². The van der Waals surface area contributed by atoms with Crippen molar-refractivity contribution >= 4 is 18.0 Å². The number of thioether (sulfide) groups is 1. The highest BCUT2D eigenvalue weighted by atomic mass is 32.2. The second-order valence-corrected chi connectivity index (χ2v) is 3.86. The van der Waals surface area contributed by atoms with Gasteiger partial charge in [0.1, 0.15) is 0 Å². The maximum Gasteiger partial charge on any atom is 0.0538 e. The molecule has 0 radical (unpaired) electrons. The average Bonchev–Trinajstić information content (AvgIpc) is 2.17. The van der Waals surface area contributed by atoms with Gasteiger partial charge in [-0.1, -0.05) is 19.1 Å². The van der Waals surface area contributed by atoms with Crippen molar-refractivity contribution in [3.8, 4) is 0 Å². The van der Waals surface area contributed by atoms with Crippen molar-refractivity contribution in [2.75, 3.05) is 5.75 Å². The van der Waals surface area contributed by atoms with Gasteiger partial charge in [0.25, 0.3) is 0 Å². The summed E-state index contributed by atoms with van der Waals surface area (Å²) in [6.45, 7) is 2.18. The minimum absolute atomic E-state index is 1.04. The SMILES string of the molecule is CCCSc1ccc(C=NN)cc1. The van der Waals surface area contributed by atoms with Gasteiger partial charge in [0.15, 0.2) is 0 Å². The van der Waals surface area contributed by atoms with Crippen molar-refractivity contribution in [2.45, 2.75) is 18.2 Å². The molecule has 0 heterocycles. The smallest absolute Gasteiger partial charge is 0.0538 e. The van der Waals surface area contributed by atoms with Gasteiger partial charge in [-0.05, 0) is 29.9 Å². The number of hydrazone groups is 1. The van der Waals surface area contributed by atoms with E-state index < -0.39 is 0 Å². The summed E-state index contributed by atoms with van der Waals surface area (Å²) in [6, 6.07) is 8.23. The summed E-state index contributed by atoms with van der Waals surface area (Å²) in [4.78, 5) is 1.30. The lowest BCUT2D eigenvalue weighted by atomic mass is 10.2. The predicted octanol–water partition coefficient (Wildman–Crippen LogP) is 2.48. The largest absolute Gasteiger partial charge is 0.323 e. The van der Waals surface area contributed by atoms with E-state index in [1.165, 1.54) is 17.1 Å². The van der Waals surface area contributed by atoms with E-state index in [4.69, 9.17) is 5.84 Å². The molecule has 0 fully saturated rings. The molecule has 0 bridgehead atoms. The first-order valence-corrected chi connectivity index (χ1v) is 5.31. The van der Waals surface area contributed by atoms with Crippen LogP contribution in [0.1, 0.15) is 18.9 Å². The van der Waals surface area contributed by atoms with Crippen molar-refractivity contribution in [3.05, 3.63) is 29.8 Å². The molecule has 1 rings (SSSR count). The third-order valence-corrected chi connectivity index (χ3v) is 2.79. The Kier molecular flexibility index (Phi) is 4.40. The Balaban J connectivity index is 2.58. The van der Waals surface area contributed by atoms with Gasteiger partial charge in [0.05, 0.1) is 6.21 Å². The molecule has 0 amide bonds. The van der Waals surface area contributed by atoms with Crippen molar-refractivity contribution < 1.29 is 0 Å². The molecule has 0 aliphatic carbocycles. The van der Waals surface area contributed by atoms with E-state index >= 15 is 0 Å². The molecular formula is C10H14N2S. The summed E-state index contributed by atoms with van der Waals surface area (Å²) in [5, 5.41) is 3.47. The lowest BCUT2D eigenvalue weighted by Crippen LogP contribution is -1.85. The average molecular weight is 194 g/mol. The molecule has 0 unspecified atom stereocenters. The fourth-order valence-electron chi connectivity index (χ4n) is 0.956. The van der Waals surface area contributed by atoms with Crippen LogP contribution in [0.15, 0.2) is 34.3 Å². The molecule has 0 aromatic heterocycles. The molecule has 0 saturated heterocycles. The second-order valence-electron chi connectivity index (χ2n) is 2.70. The van der Waals surface area contributed by atoms with Crippen LogP contribution in [0, 0.1) is 0 Å². The molecule has 2 nitrogen and oxygen atoms in total. The molecule has 3 heteroatoms. The van der Waals surface area contributed by atoms with Crippen LogP contribution in [-0.4, -0.2) is 12.0 Å². The summed E-state index contributed by atoms with van der Waals surface area (Å²) >= 11 is 1.87. The summed E-state index contributed by atoms with van der Waals surface area (Å²) in [5.41, 5.74) is 1.04. The number of rotatable bonds is 4. The number of hydrogen-bond acceptors (Lipinski definition) is 3. The fraction of sp³-hybridized carbons (Fsp3) is 0.300. The van der Waals surface area contributed by atoms with Crippen molar-refractivity contribution in [1.29, 1.82) is 0 Å². The normalized spacial score (nSPS) is 10.8. The van der Waals surface area contributed by atoms with E-state index in [0.29, 0.717) is 0 Å². The minimum Gasteiger partial charge on any atom is -0.323 e. The van der Waals surface area contributed by atoms with Crippen molar-refractivity contribution in [2.24, 2.45) is 10.9 Å². The quantitative estimate of drug-likeness (QED) is 0.346. The molecule has 70 valence electrons. The highest BCUT2D eigenvalue weighted by Gasteiger charge is 1.92. The van der Waals surface area contributed by atoms with Gasteiger partial charge in [-0.3, -0.25) is 0 Å². The zero-order valence-electron chi connectivity index (χ0n) is 7.73. The van der Waals surface area contributed by atoms with Crippen LogP contribution in [0.5, 0.6) is 0 Å². The minimum atomic E-state index is 1.04.